The van der Waals surface area contributed by atoms with Gasteiger partial charge >= 0.3 is 5.97 Å². The van der Waals surface area contributed by atoms with E-state index >= 15 is 0 Å². The van der Waals surface area contributed by atoms with E-state index in [1.54, 1.807) is 12.1 Å². The Morgan fingerprint density at radius 2 is 1.72 bits per heavy atom. The van der Waals surface area contributed by atoms with Gasteiger partial charge in [0.2, 0.25) is 0 Å². The molecule has 2 aromatic rings. The number of aromatic carboxylic acids is 1. The first-order valence-electron chi connectivity index (χ1n) is 10.7. The third-order valence-corrected chi connectivity index (χ3v) is 5.68. The monoisotopic (exact) mass is 389 g/mol. The van der Waals surface area contributed by atoms with Crippen LogP contribution >= 0.6 is 0 Å². The largest absolute Gasteiger partial charge is 0.478 e. The predicted octanol–water partition coefficient (Wildman–Crippen LogP) is 5.45. The molecular formula is C26H31NO2. The molecule has 152 valence electrons. The molecule has 0 unspecified atom stereocenters. The van der Waals surface area contributed by atoms with Crippen LogP contribution in [0, 0.1) is 11.8 Å². The maximum Gasteiger partial charge on any atom is 0.335 e. The Hall–Kier alpha value is -2.57. The van der Waals surface area contributed by atoms with E-state index in [9.17, 15) is 9.90 Å². The smallest absolute Gasteiger partial charge is 0.335 e. The van der Waals surface area contributed by atoms with E-state index in [2.05, 4.69) is 55.7 Å². The van der Waals surface area contributed by atoms with E-state index in [0.29, 0.717) is 17.9 Å². The zero-order valence-electron chi connectivity index (χ0n) is 18.0. The van der Waals surface area contributed by atoms with Gasteiger partial charge in [0.15, 0.2) is 0 Å². The number of aryl methyl sites for hydroxylation is 1. The van der Waals surface area contributed by atoms with Crippen molar-refractivity contribution >= 4 is 5.97 Å². The Morgan fingerprint density at radius 3 is 2.28 bits per heavy atom. The lowest BCUT2D eigenvalue weighted by Crippen LogP contribution is -2.25. The van der Waals surface area contributed by atoms with Crippen LogP contribution in [0.2, 0.25) is 0 Å². The normalized spacial score (nSPS) is 13.4. The van der Waals surface area contributed by atoms with Gasteiger partial charge in [-0.3, -0.25) is 4.90 Å². The number of carbonyl (C=O) groups is 1. The summed E-state index contributed by atoms with van der Waals surface area (Å²) < 4.78 is 0. The van der Waals surface area contributed by atoms with Gasteiger partial charge in [0.1, 0.15) is 0 Å². The minimum absolute atomic E-state index is 0.362. The number of benzene rings is 2. The number of hydrogen-bond donors (Lipinski definition) is 1. The first kappa shape index (κ1) is 21.1. The molecule has 0 bridgehead atoms. The third-order valence-electron chi connectivity index (χ3n) is 5.68. The first-order valence-corrected chi connectivity index (χ1v) is 10.7. The highest BCUT2D eigenvalue weighted by atomic mass is 16.4. The van der Waals surface area contributed by atoms with Crippen molar-refractivity contribution in [2.24, 2.45) is 0 Å². The Balaban J connectivity index is 1.85. The molecule has 0 radical (unpaired) electrons. The Bertz CT molecular complexity index is 945. The standard InChI is InChI=1S/C26H31NO2/c1-5-21-15-19(10-14-24(21)26(28)29)7-8-20-9-11-22(25(16-20)18(3)4)17-27(6-2)23-12-13-23/h9-11,14-16,18,23H,5-6,12-13,17H2,1-4H3,(H,28,29). The summed E-state index contributed by atoms with van der Waals surface area (Å²) >= 11 is 0. The molecule has 2 aromatic carbocycles. The molecule has 0 amide bonds. The molecule has 1 aliphatic rings. The van der Waals surface area contributed by atoms with Crippen LogP contribution in [0.4, 0.5) is 0 Å². The molecule has 3 rings (SSSR count). The average Bonchev–Trinajstić information content (AvgIpc) is 3.55. The van der Waals surface area contributed by atoms with Crippen molar-refractivity contribution in [2.75, 3.05) is 6.54 Å². The van der Waals surface area contributed by atoms with E-state index in [1.807, 2.05) is 13.0 Å². The number of rotatable bonds is 7. The van der Waals surface area contributed by atoms with Crippen LogP contribution in [0.1, 0.15) is 84.6 Å². The zero-order chi connectivity index (χ0) is 21.0. The second-order valence-corrected chi connectivity index (χ2v) is 8.14. The van der Waals surface area contributed by atoms with Gasteiger partial charge < -0.3 is 5.11 Å². The summed E-state index contributed by atoms with van der Waals surface area (Å²) in [7, 11) is 0. The fourth-order valence-electron chi connectivity index (χ4n) is 3.83. The number of hydrogen-bond acceptors (Lipinski definition) is 2. The van der Waals surface area contributed by atoms with E-state index in [4.69, 9.17) is 0 Å². The summed E-state index contributed by atoms with van der Waals surface area (Å²) in [6, 6.07) is 12.7. The van der Waals surface area contributed by atoms with E-state index in [0.717, 1.165) is 35.8 Å². The average molecular weight is 390 g/mol. The molecule has 1 aliphatic carbocycles. The molecule has 1 N–H and O–H groups in total. The lowest BCUT2D eigenvalue weighted by molar-refractivity contribution is 0.0695. The summed E-state index contributed by atoms with van der Waals surface area (Å²) in [5.41, 5.74) is 5.81. The van der Waals surface area contributed by atoms with E-state index < -0.39 is 5.97 Å². The van der Waals surface area contributed by atoms with Gasteiger partial charge in [-0.2, -0.15) is 0 Å². The number of carboxylic acids is 1. The molecule has 0 saturated heterocycles. The third kappa shape index (κ3) is 5.28. The quantitative estimate of drug-likeness (QED) is 0.640. The highest BCUT2D eigenvalue weighted by Crippen LogP contribution is 2.30. The maximum absolute atomic E-state index is 11.3. The summed E-state index contributed by atoms with van der Waals surface area (Å²) in [5.74, 6) is 6.06. The highest BCUT2D eigenvalue weighted by molar-refractivity contribution is 5.89. The number of carboxylic acid groups (broad SMARTS) is 1. The molecular weight excluding hydrogens is 358 g/mol. The van der Waals surface area contributed by atoms with Crippen molar-refractivity contribution in [3.8, 4) is 11.8 Å². The van der Waals surface area contributed by atoms with Gasteiger partial charge in [-0.1, -0.05) is 45.6 Å². The fourth-order valence-corrected chi connectivity index (χ4v) is 3.83. The molecule has 3 nitrogen and oxygen atoms in total. The SMILES string of the molecule is CCc1cc(C#Cc2ccc(CN(CC)C3CC3)c(C(C)C)c2)ccc1C(=O)O. The fraction of sp³-hybridized carbons (Fsp3) is 0.423. The van der Waals surface area contributed by atoms with Gasteiger partial charge in [-0.05, 0) is 78.7 Å². The van der Waals surface area contributed by atoms with Crippen molar-refractivity contribution in [2.45, 2.75) is 65.5 Å². The van der Waals surface area contributed by atoms with Crippen molar-refractivity contribution in [3.05, 3.63) is 69.8 Å². The van der Waals surface area contributed by atoms with Gasteiger partial charge in [-0.25, -0.2) is 4.79 Å². The first-order chi connectivity index (χ1) is 13.9. The van der Waals surface area contributed by atoms with Crippen LogP contribution in [0.15, 0.2) is 36.4 Å². The zero-order valence-corrected chi connectivity index (χ0v) is 18.0. The van der Waals surface area contributed by atoms with Crippen molar-refractivity contribution in [1.29, 1.82) is 0 Å². The Morgan fingerprint density at radius 1 is 1.07 bits per heavy atom. The van der Waals surface area contributed by atoms with Gasteiger partial charge in [0.25, 0.3) is 0 Å². The Labute approximate surface area is 174 Å². The lowest BCUT2D eigenvalue weighted by atomic mass is 9.94. The van der Waals surface area contributed by atoms with Gasteiger partial charge in [0, 0.05) is 23.7 Å². The molecule has 29 heavy (non-hydrogen) atoms. The molecule has 0 aliphatic heterocycles. The molecule has 3 heteroatoms. The van der Waals surface area contributed by atoms with Crippen LogP contribution in [0.5, 0.6) is 0 Å². The molecule has 0 heterocycles. The molecule has 0 atom stereocenters. The van der Waals surface area contributed by atoms with Gasteiger partial charge in [0.05, 0.1) is 5.56 Å². The maximum atomic E-state index is 11.3. The van der Waals surface area contributed by atoms with E-state index in [1.165, 1.54) is 24.0 Å². The highest BCUT2D eigenvalue weighted by Gasteiger charge is 2.28. The minimum atomic E-state index is -0.883. The predicted molar refractivity (Wildman–Crippen MR) is 118 cm³/mol. The van der Waals surface area contributed by atoms with Crippen LogP contribution in [-0.2, 0) is 13.0 Å². The van der Waals surface area contributed by atoms with Gasteiger partial charge in [-0.15, -0.1) is 0 Å². The minimum Gasteiger partial charge on any atom is -0.478 e. The second-order valence-electron chi connectivity index (χ2n) is 8.14. The number of nitrogens with zero attached hydrogens (tertiary/aromatic N) is 1. The second kappa shape index (κ2) is 9.29. The van der Waals surface area contributed by atoms with Crippen LogP contribution in [-0.4, -0.2) is 28.6 Å². The summed E-state index contributed by atoms with van der Waals surface area (Å²) in [6.07, 6.45) is 3.34. The van der Waals surface area contributed by atoms with Crippen molar-refractivity contribution in [3.63, 3.8) is 0 Å². The van der Waals surface area contributed by atoms with Crippen molar-refractivity contribution in [1.82, 2.24) is 4.90 Å². The summed E-state index contributed by atoms with van der Waals surface area (Å²) in [4.78, 5) is 13.9. The Kier molecular flexibility index (Phi) is 6.77. The lowest BCUT2D eigenvalue weighted by Gasteiger charge is -2.23. The van der Waals surface area contributed by atoms with Crippen LogP contribution in [0.3, 0.4) is 0 Å². The molecule has 1 saturated carbocycles. The topological polar surface area (TPSA) is 40.5 Å². The molecule has 0 spiro atoms. The molecule has 0 aromatic heterocycles. The van der Waals surface area contributed by atoms with Crippen molar-refractivity contribution < 1.29 is 9.90 Å². The van der Waals surface area contributed by atoms with Crippen LogP contribution < -0.4 is 0 Å². The summed E-state index contributed by atoms with van der Waals surface area (Å²) in [5, 5.41) is 9.28. The summed E-state index contributed by atoms with van der Waals surface area (Å²) in [6.45, 7) is 10.8. The van der Waals surface area contributed by atoms with Crippen LogP contribution in [0.25, 0.3) is 0 Å². The van der Waals surface area contributed by atoms with E-state index in [-0.39, 0.29) is 0 Å². The molecule has 1 fully saturated rings.